The Balaban J connectivity index is 1.99. The maximum absolute atomic E-state index is 12.6. The first-order chi connectivity index (χ1) is 11.6. The molecule has 0 radical (unpaired) electrons. The van der Waals surface area contributed by atoms with Gasteiger partial charge in [0.2, 0.25) is 5.95 Å². The van der Waals surface area contributed by atoms with Gasteiger partial charge in [0.15, 0.2) is 0 Å². The van der Waals surface area contributed by atoms with Crippen LogP contribution >= 0.6 is 0 Å². The topological polar surface area (TPSA) is 71.0 Å². The van der Waals surface area contributed by atoms with Gasteiger partial charge >= 0.3 is 0 Å². The fourth-order valence-corrected chi connectivity index (χ4v) is 2.28. The molecular weight excluding hydrogens is 302 g/mol. The molecule has 6 heteroatoms. The Morgan fingerprint density at radius 3 is 2.71 bits per heavy atom. The summed E-state index contributed by atoms with van der Waals surface area (Å²) in [5.74, 6) is 0.433. The second-order valence-electron chi connectivity index (χ2n) is 5.83. The van der Waals surface area contributed by atoms with Crippen molar-refractivity contribution in [1.29, 1.82) is 0 Å². The molecule has 0 spiro atoms. The van der Waals surface area contributed by atoms with E-state index in [0.29, 0.717) is 18.2 Å². The van der Waals surface area contributed by atoms with Crippen LogP contribution in [0.15, 0.2) is 30.6 Å². The number of rotatable bonds is 8. The number of aromatic nitrogens is 3. The van der Waals surface area contributed by atoms with Gasteiger partial charge in [0.1, 0.15) is 5.69 Å². The van der Waals surface area contributed by atoms with Crippen LogP contribution in [-0.2, 0) is 6.42 Å². The second kappa shape index (κ2) is 8.96. The van der Waals surface area contributed by atoms with Crippen molar-refractivity contribution in [1.82, 2.24) is 19.9 Å². The lowest BCUT2D eigenvalue weighted by molar-refractivity contribution is 0.0790. The van der Waals surface area contributed by atoms with Gasteiger partial charge in [-0.05, 0) is 43.5 Å². The van der Waals surface area contributed by atoms with Gasteiger partial charge in [0, 0.05) is 38.2 Å². The minimum Gasteiger partial charge on any atom is -0.354 e. The third-order valence-electron chi connectivity index (χ3n) is 3.72. The molecule has 0 aliphatic heterocycles. The molecule has 6 nitrogen and oxygen atoms in total. The van der Waals surface area contributed by atoms with E-state index in [-0.39, 0.29) is 5.91 Å². The molecule has 2 rings (SSSR count). The zero-order valence-electron chi connectivity index (χ0n) is 14.6. The van der Waals surface area contributed by atoms with Gasteiger partial charge in [-0.25, -0.2) is 9.97 Å². The molecule has 0 aliphatic rings. The minimum atomic E-state index is -0.0897. The maximum atomic E-state index is 12.6. The van der Waals surface area contributed by atoms with E-state index in [2.05, 4.69) is 27.2 Å². The zero-order chi connectivity index (χ0) is 17.4. The van der Waals surface area contributed by atoms with Crippen LogP contribution in [0.1, 0.15) is 41.5 Å². The molecule has 0 fully saturated rings. The van der Waals surface area contributed by atoms with Crippen LogP contribution in [0.4, 0.5) is 5.95 Å². The molecular formula is C18H25N5O. The summed E-state index contributed by atoms with van der Waals surface area (Å²) in [5, 5.41) is 3.18. The van der Waals surface area contributed by atoms with E-state index in [1.807, 2.05) is 19.1 Å². The number of nitrogens with zero attached hydrogens (tertiary/aromatic N) is 4. The molecule has 24 heavy (non-hydrogen) atoms. The number of aryl methyl sites for hydroxylation is 1. The number of unbranched alkanes of at least 4 members (excludes halogenated alkanes) is 1. The first-order valence-corrected chi connectivity index (χ1v) is 8.34. The molecule has 2 aromatic heterocycles. The monoisotopic (exact) mass is 327 g/mol. The van der Waals surface area contributed by atoms with Crippen LogP contribution in [0.3, 0.4) is 0 Å². The fourth-order valence-electron chi connectivity index (χ4n) is 2.28. The van der Waals surface area contributed by atoms with Crippen molar-refractivity contribution in [3.63, 3.8) is 0 Å². The number of anilines is 1. The van der Waals surface area contributed by atoms with Crippen LogP contribution in [0, 0.1) is 6.92 Å². The Hall–Kier alpha value is -2.50. The molecule has 1 amide bonds. The highest BCUT2D eigenvalue weighted by atomic mass is 16.2. The van der Waals surface area contributed by atoms with Gasteiger partial charge in [0.25, 0.3) is 5.91 Å². The quantitative estimate of drug-likeness (QED) is 0.755. The molecule has 128 valence electrons. The summed E-state index contributed by atoms with van der Waals surface area (Å²) in [6.07, 6.45) is 6.46. The summed E-state index contributed by atoms with van der Waals surface area (Å²) < 4.78 is 0. The normalized spacial score (nSPS) is 10.5. The average molecular weight is 327 g/mol. The average Bonchev–Trinajstić information content (AvgIpc) is 2.59. The van der Waals surface area contributed by atoms with Crippen molar-refractivity contribution in [3.05, 3.63) is 47.5 Å². The number of carbonyl (C=O) groups excluding carboxylic acids is 1. The SMILES string of the molecule is CCCCNc1nc(C)cc(C(=O)N(C)CCc2ccncc2)n1. The molecule has 0 saturated carbocycles. The highest BCUT2D eigenvalue weighted by molar-refractivity contribution is 5.92. The number of likely N-dealkylation sites (N-methyl/N-ethyl adjacent to an activating group) is 1. The van der Waals surface area contributed by atoms with Crippen molar-refractivity contribution >= 4 is 11.9 Å². The van der Waals surface area contributed by atoms with E-state index in [1.54, 1.807) is 30.4 Å². The standard InChI is InChI=1S/C18H25N5O/c1-4-5-9-20-18-21-14(2)13-16(22-18)17(24)23(3)12-8-15-6-10-19-11-7-15/h6-7,10-11,13H,4-5,8-9,12H2,1-3H3,(H,20,21,22). The van der Waals surface area contributed by atoms with Gasteiger partial charge < -0.3 is 10.2 Å². The van der Waals surface area contributed by atoms with E-state index >= 15 is 0 Å². The number of hydrogen-bond donors (Lipinski definition) is 1. The molecule has 0 unspecified atom stereocenters. The molecule has 0 bridgehead atoms. The van der Waals surface area contributed by atoms with Crippen molar-refractivity contribution in [2.45, 2.75) is 33.1 Å². The van der Waals surface area contributed by atoms with Crippen molar-refractivity contribution in [3.8, 4) is 0 Å². The number of hydrogen-bond acceptors (Lipinski definition) is 5. The van der Waals surface area contributed by atoms with Crippen molar-refractivity contribution in [2.24, 2.45) is 0 Å². The van der Waals surface area contributed by atoms with Crippen molar-refractivity contribution < 1.29 is 4.79 Å². The molecule has 0 aliphatic carbocycles. The van der Waals surface area contributed by atoms with E-state index in [4.69, 9.17) is 0 Å². The third-order valence-corrected chi connectivity index (χ3v) is 3.72. The van der Waals surface area contributed by atoms with E-state index in [1.165, 1.54) is 0 Å². The Bertz CT molecular complexity index is 660. The highest BCUT2D eigenvalue weighted by Crippen LogP contribution is 2.09. The molecule has 1 N–H and O–H groups in total. The van der Waals surface area contributed by atoms with Gasteiger partial charge in [-0.2, -0.15) is 0 Å². The summed E-state index contributed by atoms with van der Waals surface area (Å²) in [4.78, 5) is 27.0. The van der Waals surface area contributed by atoms with Crippen molar-refractivity contribution in [2.75, 3.05) is 25.5 Å². The summed E-state index contributed by atoms with van der Waals surface area (Å²) in [6, 6.07) is 5.65. The second-order valence-corrected chi connectivity index (χ2v) is 5.83. The lowest BCUT2D eigenvalue weighted by Crippen LogP contribution is -2.30. The van der Waals surface area contributed by atoms with Crippen LogP contribution in [-0.4, -0.2) is 45.9 Å². The van der Waals surface area contributed by atoms with Crippen LogP contribution in [0.25, 0.3) is 0 Å². The Kier molecular flexibility index (Phi) is 6.66. The lowest BCUT2D eigenvalue weighted by atomic mass is 10.2. The smallest absolute Gasteiger partial charge is 0.272 e. The summed E-state index contributed by atoms with van der Waals surface area (Å²) in [7, 11) is 1.80. The molecule has 2 heterocycles. The third kappa shape index (κ3) is 5.30. The van der Waals surface area contributed by atoms with Gasteiger partial charge in [0.05, 0.1) is 0 Å². The molecule has 0 atom stereocenters. The Morgan fingerprint density at radius 2 is 2.00 bits per heavy atom. The molecule has 2 aromatic rings. The summed E-state index contributed by atoms with van der Waals surface area (Å²) >= 11 is 0. The van der Waals surface area contributed by atoms with E-state index in [9.17, 15) is 4.79 Å². The zero-order valence-corrected chi connectivity index (χ0v) is 14.6. The van der Waals surface area contributed by atoms with Gasteiger partial charge in [-0.15, -0.1) is 0 Å². The Morgan fingerprint density at radius 1 is 1.25 bits per heavy atom. The Labute approximate surface area is 143 Å². The van der Waals surface area contributed by atoms with Gasteiger partial charge in [-0.1, -0.05) is 13.3 Å². The van der Waals surface area contributed by atoms with Gasteiger partial charge in [-0.3, -0.25) is 9.78 Å². The summed E-state index contributed by atoms with van der Waals surface area (Å²) in [6.45, 7) is 5.45. The van der Waals surface area contributed by atoms with E-state index < -0.39 is 0 Å². The fraction of sp³-hybridized carbons (Fsp3) is 0.444. The first kappa shape index (κ1) is 17.8. The van der Waals surface area contributed by atoms with Crippen LogP contribution < -0.4 is 5.32 Å². The minimum absolute atomic E-state index is 0.0897. The number of amides is 1. The first-order valence-electron chi connectivity index (χ1n) is 8.34. The predicted molar refractivity (Wildman–Crippen MR) is 95.1 cm³/mol. The van der Waals surface area contributed by atoms with E-state index in [0.717, 1.165) is 37.1 Å². The number of nitrogens with one attached hydrogen (secondary N) is 1. The summed E-state index contributed by atoms with van der Waals surface area (Å²) in [5.41, 5.74) is 2.37. The van der Waals surface area contributed by atoms with Crippen LogP contribution in [0.2, 0.25) is 0 Å². The number of carbonyl (C=O) groups is 1. The largest absolute Gasteiger partial charge is 0.354 e. The highest BCUT2D eigenvalue weighted by Gasteiger charge is 2.15. The number of pyridine rings is 1. The predicted octanol–water partition coefficient (Wildman–Crippen LogP) is 2.71. The maximum Gasteiger partial charge on any atom is 0.272 e. The van der Waals surface area contributed by atoms with Crippen LogP contribution in [0.5, 0.6) is 0 Å². The lowest BCUT2D eigenvalue weighted by Gasteiger charge is -2.17. The molecule has 0 aromatic carbocycles. The molecule has 0 saturated heterocycles.